The Kier molecular flexibility index (Phi) is 5.16. The molecule has 2 heterocycles. The van der Waals surface area contributed by atoms with E-state index in [1.54, 1.807) is 29.8 Å². The Morgan fingerprint density at radius 1 is 1.33 bits per heavy atom. The van der Waals surface area contributed by atoms with Gasteiger partial charge in [0, 0.05) is 0 Å². The van der Waals surface area contributed by atoms with Crippen LogP contribution in [0.2, 0.25) is 10.0 Å². The summed E-state index contributed by atoms with van der Waals surface area (Å²) in [5.41, 5.74) is 2.66. The quantitative estimate of drug-likeness (QED) is 0.458. The fourth-order valence-electron chi connectivity index (χ4n) is 2.42. The van der Waals surface area contributed by atoms with Gasteiger partial charge in [0.15, 0.2) is 0 Å². The molecule has 124 valence electrons. The minimum absolute atomic E-state index is 0.188. The van der Waals surface area contributed by atoms with Gasteiger partial charge < -0.3 is 0 Å². The number of esters is 1. The number of benzene rings is 1. The van der Waals surface area contributed by atoms with Gasteiger partial charge in [0.05, 0.1) is 0 Å². The first-order chi connectivity index (χ1) is 11.5. The fourth-order valence-corrected chi connectivity index (χ4v) is 4.61. The second-order valence-corrected chi connectivity index (χ2v) is 7.86. The van der Waals surface area contributed by atoms with E-state index in [4.69, 9.17) is 27.9 Å². The van der Waals surface area contributed by atoms with Crippen LogP contribution in [0, 0.1) is 6.92 Å². The molecule has 3 aromatic rings. The monoisotopic (exact) mass is 428 g/mol. The predicted molar refractivity (Wildman–Crippen MR) is 96.7 cm³/mol. The molecule has 0 spiro atoms. The van der Waals surface area contributed by atoms with Crippen LogP contribution in [-0.4, -0.2) is 36.9 Å². The predicted octanol–water partition coefficient (Wildman–Crippen LogP) is 4.39. The first-order valence-corrected chi connectivity index (χ1v) is 9.89. The van der Waals surface area contributed by atoms with E-state index >= 15 is 0 Å². The fraction of sp³-hybridized carbons (Fsp3) is 0.176. The average Bonchev–Trinajstić information content (AvgIpc) is 3.15. The zero-order chi connectivity index (χ0) is 17.3. The molecule has 0 radical (unpaired) electrons. The third kappa shape index (κ3) is 3.17. The van der Waals surface area contributed by atoms with Crippen LogP contribution in [0.5, 0.6) is 0 Å². The van der Waals surface area contributed by atoms with Gasteiger partial charge in [-0.25, -0.2) is 0 Å². The van der Waals surface area contributed by atoms with Crippen LogP contribution in [-0.2, 0) is 4.74 Å². The summed E-state index contributed by atoms with van der Waals surface area (Å²) in [7, 11) is 0. The van der Waals surface area contributed by atoms with Gasteiger partial charge in [0.1, 0.15) is 0 Å². The molecule has 0 fully saturated rings. The maximum absolute atomic E-state index is 12.2. The molecule has 7 heteroatoms. The summed E-state index contributed by atoms with van der Waals surface area (Å²) in [6.45, 7) is 3.95. The third-order valence-corrected chi connectivity index (χ3v) is 5.86. The zero-order valence-corrected chi connectivity index (χ0v) is 16.3. The molecule has 0 bridgehead atoms. The molecule has 0 unspecified atom stereocenters. The van der Waals surface area contributed by atoms with E-state index in [-0.39, 0.29) is 14.5 Å². The molecular formula is C17H14Cl2N2O2Se. The zero-order valence-electron chi connectivity index (χ0n) is 13.0. The molecular weight excluding hydrogens is 414 g/mol. The Morgan fingerprint density at radius 3 is 2.75 bits per heavy atom. The minimum atomic E-state index is -0.431. The first kappa shape index (κ1) is 17.3. The van der Waals surface area contributed by atoms with Crippen molar-refractivity contribution in [3.63, 3.8) is 0 Å². The Bertz CT molecular complexity index is 888. The number of hydrogen-bond donors (Lipinski definition) is 0. The number of carbonyl (C=O) groups is 1. The van der Waals surface area contributed by atoms with Gasteiger partial charge in [-0.3, -0.25) is 0 Å². The van der Waals surface area contributed by atoms with Gasteiger partial charge in [-0.1, -0.05) is 0 Å². The van der Waals surface area contributed by atoms with E-state index in [9.17, 15) is 4.79 Å². The second kappa shape index (κ2) is 7.16. The number of hydrogen-bond acceptors (Lipinski definition) is 3. The molecule has 3 rings (SSSR count). The summed E-state index contributed by atoms with van der Waals surface area (Å²) in [6.07, 6.45) is 0. The number of halogens is 2. The maximum atomic E-state index is 12.2. The normalized spacial score (nSPS) is 10.8. The van der Waals surface area contributed by atoms with E-state index in [2.05, 4.69) is 10.0 Å². The van der Waals surface area contributed by atoms with Crippen LogP contribution in [0.1, 0.15) is 23.0 Å². The van der Waals surface area contributed by atoms with E-state index in [0.29, 0.717) is 28.0 Å². The molecule has 2 aromatic heterocycles. The topological polar surface area (TPSA) is 44.1 Å². The van der Waals surface area contributed by atoms with Crippen LogP contribution >= 0.6 is 23.2 Å². The molecule has 0 saturated heterocycles. The van der Waals surface area contributed by atoms with E-state index in [1.807, 2.05) is 19.1 Å². The molecule has 4 nitrogen and oxygen atoms in total. The van der Waals surface area contributed by atoms with E-state index in [0.717, 1.165) is 15.7 Å². The van der Waals surface area contributed by atoms with Crippen molar-refractivity contribution < 1.29 is 9.53 Å². The van der Waals surface area contributed by atoms with Crippen LogP contribution in [0.25, 0.3) is 15.8 Å². The Labute approximate surface area is 155 Å². The summed E-state index contributed by atoms with van der Waals surface area (Å²) < 4.78 is 7.97. The van der Waals surface area contributed by atoms with Gasteiger partial charge in [0.2, 0.25) is 0 Å². The molecule has 0 aliphatic rings. The molecule has 0 saturated carbocycles. The molecule has 24 heavy (non-hydrogen) atoms. The van der Waals surface area contributed by atoms with Crippen molar-refractivity contribution in [1.82, 2.24) is 9.78 Å². The number of nitrogens with zero attached hydrogens (tertiary/aromatic N) is 2. The van der Waals surface area contributed by atoms with Gasteiger partial charge in [-0.15, -0.1) is 0 Å². The summed E-state index contributed by atoms with van der Waals surface area (Å²) in [6, 6.07) is 9.26. The molecule has 0 atom stereocenters. The second-order valence-electron chi connectivity index (χ2n) is 5.03. The van der Waals surface area contributed by atoms with Crippen molar-refractivity contribution in [3.8, 4) is 15.8 Å². The van der Waals surface area contributed by atoms with Crippen molar-refractivity contribution >= 4 is 43.7 Å². The van der Waals surface area contributed by atoms with Crippen molar-refractivity contribution in [3.05, 3.63) is 56.6 Å². The van der Waals surface area contributed by atoms with Crippen molar-refractivity contribution in [2.45, 2.75) is 13.8 Å². The molecule has 1 aromatic carbocycles. The summed E-state index contributed by atoms with van der Waals surface area (Å²) in [5.74, 6) is -0.431. The van der Waals surface area contributed by atoms with Gasteiger partial charge >= 0.3 is 156 Å². The van der Waals surface area contributed by atoms with Crippen molar-refractivity contribution in [1.29, 1.82) is 0 Å². The molecule has 0 aliphatic carbocycles. The Hall–Kier alpha value is -1.52. The average molecular weight is 428 g/mol. The molecule has 0 amide bonds. The number of ether oxygens (including phenoxy) is 1. The van der Waals surface area contributed by atoms with Crippen molar-refractivity contribution in [2.24, 2.45) is 0 Å². The van der Waals surface area contributed by atoms with Crippen molar-refractivity contribution in [2.75, 3.05) is 6.61 Å². The third-order valence-electron chi connectivity index (χ3n) is 3.48. The van der Waals surface area contributed by atoms with E-state index < -0.39 is 5.97 Å². The van der Waals surface area contributed by atoms with Crippen LogP contribution in [0.15, 0.2) is 35.3 Å². The Morgan fingerprint density at radius 2 is 2.12 bits per heavy atom. The summed E-state index contributed by atoms with van der Waals surface area (Å²) in [5, 5.41) is 5.51. The standard InChI is InChI=1S/C17H14Cl2N2O2Se/c1-3-23-17(22)15-10(2)16(14-5-4-8-24-14)21(20-15)13-7-6-11(18)9-12(13)19/h4-9H,3H2,1-2H3. The summed E-state index contributed by atoms with van der Waals surface area (Å²) in [4.78, 5) is 14.4. The van der Waals surface area contributed by atoms with Crippen LogP contribution < -0.4 is 0 Å². The van der Waals surface area contributed by atoms with E-state index in [1.165, 1.54) is 0 Å². The van der Waals surface area contributed by atoms with Crippen LogP contribution in [0.3, 0.4) is 0 Å². The van der Waals surface area contributed by atoms with Crippen LogP contribution in [0.4, 0.5) is 0 Å². The molecule has 0 aliphatic heterocycles. The van der Waals surface area contributed by atoms with Gasteiger partial charge in [-0.2, -0.15) is 0 Å². The SMILES string of the molecule is CCOC(=O)c1nn(-c2ccc(Cl)cc2Cl)c(-c2ccc[se]2)c1C. The summed E-state index contributed by atoms with van der Waals surface area (Å²) >= 11 is 12.5. The number of carbonyl (C=O) groups excluding carboxylic acids is 1. The van der Waals surface area contributed by atoms with Gasteiger partial charge in [0.25, 0.3) is 0 Å². The van der Waals surface area contributed by atoms with Gasteiger partial charge in [-0.05, 0) is 0 Å². The number of rotatable bonds is 4. The Balaban J connectivity index is 2.24. The molecule has 0 N–H and O–H groups in total. The first-order valence-electron chi connectivity index (χ1n) is 7.29. The number of aromatic nitrogens is 2.